The Bertz CT molecular complexity index is 518. The molecule has 1 saturated heterocycles. The average molecular weight is 273 g/mol. The lowest BCUT2D eigenvalue weighted by atomic mass is 10.1. The second kappa shape index (κ2) is 5.99. The summed E-state index contributed by atoms with van der Waals surface area (Å²) in [6.07, 6.45) is 7.76. The van der Waals surface area contributed by atoms with Gasteiger partial charge in [0.1, 0.15) is 0 Å². The van der Waals surface area contributed by atoms with Gasteiger partial charge in [-0.05, 0) is 37.0 Å². The van der Waals surface area contributed by atoms with Gasteiger partial charge < -0.3 is 14.4 Å². The van der Waals surface area contributed by atoms with Crippen molar-refractivity contribution in [1.29, 1.82) is 0 Å². The van der Waals surface area contributed by atoms with Crippen LogP contribution >= 0.6 is 0 Å². The van der Waals surface area contributed by atoms with Gasteiger partial charge in [0.2, 0.25) is 12.7 Å². The van der Waals surface area contributed by atoms with Crippen molar-refractivity contribution in [3.63, 3.8) is 0 Å². The van der Waals surface area contributed by atoms with E-state index in [1.807, 2.05) is 35.3 Å². The Balaban J connectivity index is 1.49. The normalized spacial score (nSPS) is 17.1. The number of fused-ring (bicyclic) bond motifs is 1. The van der Waals surface area contributed by atoms with E-state index in [-0.39, 0.29) is 5.91 Å². The van der Waals surface area contributed by atoms with Crippen LogP contribution in [0.1, 0.15) is 31.2 Å². The zero-order valence-electron chi connectivity index (χ0n) is 11.5. The van der Waals surface area contributed by atoms with Crippen molar-refractivity contribution < 1.29 is 14.3 Å². The highest BCUT2D eigenvalue weighted by Gasteiger charge is 2.16. The summed E-state index contributed by atoms with van der Waals surface area (Å²) in [7, 11) is 0. The van der Waals surface area contributed by atoms with Crippen LogP contribution in [0.5, 0.6) is 11.5 Å². The SMILES string of the molecule is O=C(CC/C=C/c1ccc2c(c1)OCO2)N1CCCC1. The molecule has 1 amide bonds. The van der Waals surface area contributed by atoms with Crippen LogP contribution in [0.2, 0.25) is 0 Å². The van der Waals surface area contributed by atoms with Gasteiger partial charge in [0.25, 0.3) is 0 Å². The number of hydrogen-bond donors (Lipinski definition) is 0. The number of allylic oxidation sites excluding steroid dienone is 1. The smallest absolute Gasteiger partial charge is 0.231 e. The fraction of sp³-hybridized carbons (Fsp3) is 0.438. The molecule has 1 fully saturated rings. The Kier molecular flexibility index (Phi) is 3.90. The quantitative estimate of drug-likeness (QED) is 0.846. The number of carbonyl (C=O) groups excluding carboxylic acids is 1. The van der Waals surface area contributed by atoms with Gasteiger partial charge >= 0.3 is 0 Å². The van der Waals surface area contributed by atoms with Crippen LogP contribution < -0.4 is 9.47 Å². The van der Waals surface area contributed by atoms with E-state index < -0.39 is 0 Å². The first kappa shape index (κ1) is 13.0. The molecule has 0 bridgehead atoms. The molecule has 2 aliphatic rings. The molecule has 106 valence electrons. The van der Waals surface area contributed by atoms with Gasteiger partial charge in [0.05, 0.1) is 0 Å². The van der Waals surface area contributed by atoms with Crippen molar-refractivity contribution in [3.05, 3.63) is 29.8 Å². The molecule has 0 N–H and O–H groups in total. The van der Waals surface area contributed by atoms with E-state index in [0.717, 1.165) is 49.4 Å². The summed E-state index contributed by atoms with van der Waals surface area (Å²) < 4.78 is 10.6. The third-order valence-electron chi connectivity index (χ3n) is 3.69. The zero-order chi connectivity index (χ0) is 13.8. The third kappa shape index (κ3) is 2.95. The van der Waals surface area contributed by atoms with Crippen molar-refractivity contribution in [2.24, 2.45) is 0 Å². The summed E-state index contributed by atoms with van der Waals surface area (Å²) in [4.78, 5) is 13.8. The molecule has 1 aromatic carbocycles. The number of rotatable bonds is 4. The molecular weight excluding hydrogens is 254 g/mol. The summed E-state index contributed by atoms with van der Waals surface area (Å²) in [5, 5.41) is 0. The largest absolute Gasteiger partial charge is 0.454 e. The maximum atomic E-state index is 11.9. The predicted octanol–water partition coefficient (Wildman–Crippen LogP) is 2.83. The zero-order valence-corrected chi connectivity index (χ0v) is 11.5. The van der Waals surface area contributed by atoms with E-state index in [2.05, 4.69) is 0 Å². The number of hydrogen-bond acceptors (Lipinski definition) is 3. The van der Waals surface area contributed by atoms with Gasteiger partial charge in [-0.15, -0.1) is 0 Å². The maximum Gasteiger partial charge on any atom is 0.231 e. The lowest BCUT2D eigenvalue weighted by Gasteiger charge is -2.13. The molecule has 0 unspecified atom stereocenters. The molecule has 0 atom stereocenters. The predicted molar refractivity (Wildman–Crippen MR) is 76.6 cm³/mol. The fourth-order valence-electron chi connectivity index (χ4n) is 2.57. The number of likely N-dealkylation sites (tertiary alicyclic amines) is 1. The molecule has 4 nitrogen and oxygen atoms in total. The Morgan fingerprint density at radius 2 is 2.00 bits per heavy atom. The van der Waals surface area contributed by atoms with Gasteiger partial charge in [-0.3, -0.25) is 4.79 Å². The first-order chi connectivity index (χ1) is 9.83. The molecule has 4 heteroatoms. The number of amides is 1. The van der Waals surface area contributed by atoms with Crippen LogP contribution in [-0.4, -0.2) is 30.7 Å². The average Bonchev–Trinajstić information content (AvgIpc) is 3.13. The van der Waals surface area contributed by atoms with Gasteiger partial charge in [-0.1, -0.05) is 18.2 Å². The minimum atomic E-state index is 0.276. The van der Waals surface area contributed by atoms with Crippen LogP contribution in [0, 0.1) is 0 Å². The number of ether oxygens (including phenoxy) is 2. The van der Waals surface area contributed by atoms with E-state index in [4.69, 9.17) is 9.47 Å². The monoisotopic (exact) mass is 273 g/mol. The highest BCUT2D eigenvalue weighted by Crippen LogP contribution is 2.32. The van der Waals surface area contributed by atoms with Crippen LogP contribution in [0.25, 0.3) is 6.08 Å². The van der Waals surface area contributed by atoms with E-state index in [1.54, 1.807) is 0 Å². The Morgan fingerprint density at radius 1 is 1.20 bits per heavy atom. The van der Waals surface area contributed by atoms with Crippen molar-refractivity contribution >= 4 is 12.0 Å². The van der Waals surface area contributed by atoms with E-state index in [9.17, 15) is 4.79 Å². The Morgan fingerprint density at radius 3 is 2.85 bits per heavy atom. The van der Waals surface area contributed by atoms with Gasteiger partial charge in [-0.2, -0.15) is 0 Å². The number of nitrogens with zero attached hydrogens (tertiary/aromatic N) is 1. The molecule has 0 saturated carbocycles. The molecule has 2 heterocycles. The van der Waals surface area contributed by atoms with Crippen molar-refractivity contribution in [1.82, 2.24) is 4.90 Å². The highest BCUT2D eigenvalue weighted by atomic mass is 16.7. The first-order valence-electron chi connectivity index (χ1n) is 7.17. The second-order valence-corrected chi connectivity index (χ2v) is 5.14. The lowest BCUT2D eigenvalue weighted by molar-refractivity contribution is -0.130. The third-order valence-corrected chi connectivity index (χ3v) is 3.69. The highest BCUT2D eigenvalue weighted by molar-refractivity contribution is 5.76. The first-order valence-corrected chi connectivity index (χ1v) is 7.17. The number of carbonyl (C=O) groups is 1. The molecule has 0 spiro atoms. The van der Waals surface area contributed by atoms with Crippen molar-refractivity contribution in [3.8, 4) is 11.5 Å². The molecule has 0 aliphatic carbocycles. The summed E-state index contributed by atoms with van der Waals surface area (Å²) in [6.45, 7) is 2.17. The van der Waals surface area contributed by atoms with Crippen LogP contribution in [0.4, 0.5) is 0 Å². The molecule has 20 heavy (non-hydrogen) atoms. The Labute approximate surface area is 119 Å². The van der Waals surface area contributed by atoms with Crippen molar-refractivity contribution in [2.75, 3.05) is 19.9 Å². The second-order valence-electron chi connectivity index (χ2n) is 5.14. The summed E-state index contributed by atoms with van der Waals surface area (Å²) in [5.74, 6) is 1.87. The van der Waals surface area contributed by atoms with Gasteiger partial charge in [0.15, 0.2) is 11.5 Å². The molecule has 3 rings (SSSR count). The van der Waals surface area contributed by atoms with Gasteiger partial charge in [0, 0.05) is 19.5 Å². The number of benzene rings is 1. The molecule has 0 aromatic heterocycles. The standard InChI is InChI=1S/C16H19NO3/c18-16(17-9-3-4-10-17)6-2-1-5-13-7-8-14-15(11-13)20-12-19-14/h1,5,7-8,11H,2-4,6,9-10,12H2/b5-1+. The van der Waals surface area contributed by atoms with Crippen LogP contribution in [0.15, 0.2) is 24.3 Å². The molecule has 0 radical (unpaired) electrons. The van der Waals surface area contributed by atoms with Gasteiger partial charge in [-0.25, -0.2) is 0 Å². The maximum absolute atomic E-state index is 11.9. The van der Waals surface area contributed by atoms with Crippen molar-refractivity contribution in [2.45, 2.75) is 25.7 Å². The fourth-order valence-corrected chi connectivity index (χ4v) is 2.57. The van der Waals surface area contributed by atoms with E-state index in [0.29, 0.717) is 13.2 Å². The van der Waals surface area contributed by atoms with Crippen LogP contribution in [-0.2, 0) is 4.79 Å². The topological polar surface area (TPSA) is 38.8 Å². The molecule has 2 aliphatic heterocycles. The minimum absolute atomic E-state index is 0.276. The summed E-state index contributed by atoms with van der Waals surface area (Å²) in [6, 6.07) is 5.87. The van der Waals surface area contributed by atoms with E-state index >= 15 is 0 Å². The lowest BCUT2D eigenvalue weighted by Crippen LogP contribution is -2.26. The summed E-state index contributed by atoms with van der Waals surface area (Å²) in [5.41, 5.74) is 1.07. The minimum Gasteiger partial charge on any atom is -0.454 e. The summed E-state index contributed by atoms with van der Waals surface area (Å²) >= 11 is 0. The molecule has 1 aromatic rings. The van der Waals surface area contributed by atoms with E-state index in [1.165, 1.54) is 0 Å². The Hall–Kier alpha value is -1.97. The molecular formula is C16H19NO3. The van der Waals surface area contributed by atoms with Crippen LogP contribution in [0.3, 0.4) is 0 Å².